The van der Waals surface area contributed by atoms with Gasteiger partial charge in [0.25, 0.3) is 5.91 Å². The van der Waals surface area contributed by atoms with E-state index in [1.165, 1.54) is 0 Å². The summed E-state index contributed by atoms with van der Waals surface area (Å²) >= 11 is 6.42. The van der Waals surface area contributed by atoms with Gasteiger partial charge < -0.3 is 14.7 Å². The lowest BCUT2D eigenvalue weighted by Gasteiger charge is -2.27. The number of nitrogens with zero attached hydrogens (tertiary/aromatic N) is 2. The zero-order valence-electron chi connectivity index (χ0n) is 21.3. The van der Waals surface area contributed by atoms with Gasteiger partial charge >= 0.3 is 0 Å². The molecule has 194 valence electrons. The molecular formula is C32H26ClN3O3. The summed E-state index contributed by atoms with van der Waals surface area (Å²) in [7, 11) is 0. The van der Waals surface area contributed by atoms with E-state index in [4.69, 9.17) is 16.3 Å². The van der Waals surface area contributed by atoms with Gasteiger partial charge in [-0.1, -0.05) is 84.4 Å². The summed E-state index contributed by atoms with van der Waals surface area (Å²) in [4.78, 5) is 15.5. The number of hydrogen-bond donors (Lipinski definition) is 2. The van der Waals surface area contributed by atoms with Crippen molar-refractivity contribution >= 4 is 17.5 Å². The molecule has 5 aromatic rings. The van der Waals surface area contributed by atoms with Crippen LogP contribution in [-0.4, -0.2) is 26.1 Å². The molecule has 0 aliphatic carbocycles. The van der Waals surface area contributed by atoms with Crippen molar-refractivity contribution in [2.45, 2.75) is 26.1 Å². The number of hydrogen-bond acceptors (Lipinski definition) is 4. The molecular weight excluding hydrogens is 510 g/mol. The Morgan fingerprint density at radius 3 is 2.31 bits per heavy atom. The van der Waals surface area contributed by atoms with Gasteiger partial charge in [0.15, 0.2) is 0 Å². The molecule has 4 aromatic carbocycles. The molecule has 0 saturated carbocycles. The second-order valence-corrected chi connectivity index (χ2v) is 10.1. The highest BCUT2D eigenvalue weighted by Gasteiger charge is 2.42. The number of aromatic hydroxyl groups is 1. The number of H-pyrrole nitrogens is 1. The lowest BCUT2D eigenvalue weighted by atomic mass is 9.95. The molecule has 1 aliphatic heterocycles. The highest BCUT2D eigenvalue weighted by molar-refractivity contribution is 6.31. The third kappa shape index (κ3) is 4.75. The number of fused-ring (bicyclic) bond motifs is 1. The molecule has 1 atom stereocenters. The second-order valence-electron chi connectivity index (χ2n) is 9.64. The number of phenols is 1. The molecule has 1 amide bonds. The number of rotatable bonds is 7. The minimum absolute atomic E-state index is 0.0589. The number of benzene rings is 4. The number of phenolic OH excluding ortho intramolecular Hbond substituents is 1. The SMILES string of the molecule is Cc1cc(O)c(-c2n[nH]c3c2C(c2ccc(OCc4ccccc4)cc2)N(Cc2ccccc2)C3=O)cc1Cl. The number of ether oxygens (including phenoxy) is 1. The van der Waals surface area contributed by atoms with Crippen molar-refractivity contribution in [2.24, 2.45) is 0 Å². The molecule has 1 aliphatic rings. The van der Waals surface area contributed by atoms with Gasteiger partial charge in [-0.25, -0.2) is 0 Å². The quantitative estimate of drug-likeness (QED) is 0.234. The van der Waals surface area contributed by atoms with Crippen LogP contribution in [0.1, 0.15) is 44.3 Å². The molecule has 0 fully saturated rings. The van der Waals surface area contributed by atoms with Crippen molar-refractivity contribution in [1.29, 1.82) is 0 Å². The molecule has 0 bridgehead atoms. The number of halogens is 1. The van der Waals surface area contributed by atoms with Gasteiger partial charge in [0.1, 0.15) is 29.5 Å². The third-order valence-electron chi connectivity index (χ3n) is 7.04. The van der Waals surface area contributed by atoms with Gasteiger partial charge in [-0.2, -0.15) is 5.10 Å². The Morgan fingerprint density at radius 2 is 1.62 bits per heavy atom. The van der Waals surface area contributed by atoms with Gasteiger partial charge in [-0.3, -0.25) is 9.89 Å². The molecule has 6 nitrogen and oxygen atoms in total. The Morgan fingerprint density at radius 1 is 0.949 bits per heavy atom. The number of aromatic nitrogens is 2. The molecule has 6 rings (SSSR count). The fraction of sp³-hybridized carbons (Fsp3) is 0.125. The number of aryl methyl sites for hydroxylation is 1. The number of carbonyl (C=O) groups is 1. The van der Waals surface area contributed by atoms with Crippen LogP contribution in [0.5, 0.6) is 11.5 Å². The number of carbonyl (C=O) groups excluding carboxylic acids is 1. The Hall–Kier alpha value is -4.55. The molecule has 1 unspecified atom stereocenters. The predicted octanol–water partition coefficient (Wildman–Crippen LogP) is 7.07. The Balaban J connectivity index is 1.39. The van der Waals surface area contributed by atoms with Crippen LogP contribution in [0.25, 0.3) is 11.3 Å². The normalized spacial score (nSPS) is 14.5. The molecule has 0 saturated heterocycles. The van der Waals surface area contributed by atoms with E-state index in [9.17, 15) is 9.90 Å². The van der Waals surface area contributed by atoms with E-state index < -0.39 is 6.04 Å². The van der Waals surface area contributed by atoms with Crippen molar-refractivity contribution in [3.63, 3.8) is 0 Å². The Kier molecular flexibility index (Phi) is 6.55. The van der Waals surface area contributed by atoms with E-state index in [1.807, 2.05) is 96.8 Å². The zero-order chi connectivity index (χ0) is 26.9. The smallest absolute Gasteiger partial charge is 0.273 e. The number of amides is 1. The van der Waals surface area contributed by atoms with Crippen LogP contribution >= 0.6 is 11.6 Å². The van der Waals surface area contributed by atoms with E-state index in [1.54, 1.807) is 12.1 Å². The molecule has 2 heterocycles. The van der Waals surface area contributed by atoms with E-state index >= 15 is 0 Å². The maximum atomic E-state index is 13.7. The molecule has 0 radical (unpaired) electrons. The van der Waals surface area contributed by atoms with Crippen molar-refractivity contribution < 1.29 is 14.6 Å². The average molecular weight is 536 g/mol. The first-order chi connectivity index (χ1) is 19.0. The Labute approximate surface area is 231 Å². The zero-order valence-corrected chi connectivity index (χ0v) is 22.0. The molecule has 7 heteroatoms. The first kappa shape index (κ1) is 24.8. The van der Waals surface area contributed by atoms with Crippen LogP contribution in [0.15, 0.2) is 97.1 Å². The van der Waals surface area contributed by atoms with E-state index in [2.05, 4.69) is 10.2 Å². The van der Waals surface area contributed by atoms with Gasteiger partial charge in [0, 0.05) is 22.7 Å². The van der Waals surface area contributed by atoms with Crippen LogP contribution in [0.2, 0.25) is 5.02 Å². The van der Waals surface area contributed by atoms with Crippen LogP contribution in [0.3, 0.4) is 0 Å². The lowest BCUT2D eigenvalue weighted by Crippen LogP contribution is -2.29. The summed E-state index contributed by atoms with van der Waals surface area (Å²) < 4.78 is 5.99. The third-order valence-corrected chi connectivity index (χ3v) is 7.44. The van der Waals surface area contributed by atoms with Crippen LogP contribution in [0.4, 0.5) is 0 Å². The second kappa shape index (κ2) is 10.3. The largest absolute Gasteiger partial charge is 0.507 e. The van der Waals surface area contributed by atoms with Gasteiger partial charge in [-0.15, -0.1) is 0 Å². The highest BCUT2D eigenvalue weighted by Crippen LogP contribution is 2.46. The summed E-state index contributed by atoms with van der Waals surface area (Å²) in [5.41, 5.74) is 5.87. The average Bonchev–Trinajstić information content (AvgIpc) is 3.50. The van der Waals surface area contributed by atoms with Crippen LogP contribution in [-0.2, 0) is 13.2 Å². The van der Waals surface area contributed by atoms with Crippen LogP contribution < -0.4 is 4.74 Å². The van der Waals surface area contributed by atoms with E-state index in [0.29, 0.717) is 40.7 Å². The Bertz CT molecular complexity index is 1630. The summed E-state index contributed by atoms with van der Waals surface area (Å²) in [6.07, 6.45) is 0. The summed E-state index contributed by atoms with van der Waals surface area (Å²) in [6.45, 7) is 2.71. The lowest BCUT2D eigenvalue weighted by molar-refractivity contribution is 0.0730. The fourth-order valence-corrected chi connectivity index (χ4v) is 5.20. The molecule has 0 spiro atoms. The number of nitrogens with one attached hydrogen (secondary N) is 1. The summed E-state index contributed by atoms with van der Waals surface area (Å²) in [5.74, 6) is 0.639. The van der Waals surface area contributed by atoms with Crippen LogP contribution in [0, 0.1) is 6.92 Å². The minimum atomic E-state index is -0.427. The van der Waals surface area contributed by atoms with Crippen molar-refractivity contribution in [3.05, 3.63) is 136 Å². The van der Waals surface area contributed by atoms with E-state index in [0.717, 1.165) is 28.0 Å². The summed E-state index contributed by atoms with van der Waals surface area (Å²) in [6, 6.07) is 30.6. The minimum Gasteiger partial charge on any atom is -0.507 e. The first-order valence-electron chi connectivity index (χ1n) is 12.7. The molecule has 2 N–H and O–H groups in total. The monoisotopic (exact) mass is 535 g/mol. The first-order valence-corrected chi connectivity index (χ1v) is 13.1. The van der Waals surface area contributed by atoms with Gasteiger partial charge in [0.2, 0.25) is 0 Å². The fourth-order valence-electron chi connectivity index (χ4n) is 5.03. The number of aromatic amines is 1. The highest BCUT2D eigenvalue weighted by atomic mass is 35.5. The van der Waals surface area contributed by atoms with Crippen molar-refractivity contribution in [1.82, 2.24) is 15.1 Å². The van der Waals surface area contributed by atoms with Gasteiger partial charge in [0.05, 0.1) is 6.04 Å². The summed E-state index contributed by atoms with van der Waals surface area (Å²) in [5, 5.41) is 18.7. The molecule has 1 aromatic heterocycles. The topological polar surface area (TPSA) is 78.5 Å². The predicted molar refractivity (Wildman–Crippen MR) is 151 cm³/mol. The molecule has 39 heavy (non-hydrogen) atoms. The maximum absolute atomic E-state index is 13.7. The van der Waals surface area contributed by atoms with E-state index in [-0.39, 0.29) is 11.7 Å². The maximum Gasteiger partial charge on any atom is 0.273 e. The standard InChI is InChI=1S/C32H26ClN3O3/c1-20-16-27(37)25(17-26(20)33)29-28-30(35-34-29)32(38)36(18-21-8-4-2-5-9-21)31(28)23-12-14-24(15-13-23)39-19-22-10-6-3-7-11-22/h2-17,31,37H,18-19H2,1H3,(H,34,35). The van der Waals surface area contributed by atoms with Gasteiger partial charge in [-0.05, 0) is 53.4 Å². The van der Waals surface area contributed by atoms with Crippen molar-refractivity contribution in [3.8, 4) is 22.8 Å². The van der Waals surface area contributed by atoms with Crippen molar-refractivity contribution in [2.75, 3.05) is 0 Å².